The molecule has 0 saturated heterocycles. The molecule has 0 aromatic heterocycles. The fraction of sp³-hybridized carbons (Fsp3) is 0.150. The average Bonchev–Trinajstić information content (AvgIpc) is 2.56. The largest absolute Gasteiger partial charge is 0.483 e. The Bertz CT molecular complexity index is 850. The van der Waals surface area contributed by atoms with Gasteiger partial charge in [0.1, 0.15) is 5.75 Å². The molecule has 0 radical (unpaired) electrons. The van der Waals surface area contributed by atoms with Crippen molar-refractivity contribution >= 4 is 22.4 Å². The van der Waals surface area contributed by atoms with Gasteiger partial charge in [-0.3, -0.25) is 4.79 Å². The topological polar surface area (TPSA) is 38.3 Å². The van der Waals surface area contributed by atoms with E-state index in [1.807, 2.05) is 74.5 Å². The van der Waals surface area contributed by atoms with Crippen molar-refractivity contribution in [1.82, 2.24) is 0 Å². The molecule has 0 aliphatic heterocycles. The van der Waals surface area contributed by atoms with Crippen molar-refractivity contribution in [2.45, 2.75) is 13.8 Å². The number of fused-ring (bicyclic) bond motifs is 1. The lowest BCUT2D eigenvalue weighted by Gasteiger charge is -2.11. The van der Waals surface area contributed by atoms with Crippen LogP contribution in [0.5, 0.6) is 5.75 Å². The van der Waals surface area contributed by atoms with Crippen LogP contribution in [0.15, 0.2) is 60.7 Å². The molecule has 3 aromatic carbocycles. The highest BCUT2D eigenvalue weighted by Crippen LogP contribution is 2.23. The maximum absolute atomic E-state index is 12.2. The van der Waals surface area contributed by atoms with Crippen LogP contribution in [0, 0.1) is 13.8 Å². The molecule has 0 saturated carbocycles. The van der Waals surface area contributed by atoms with E-state index in [2.05, 4.69) is 5.32 Å². The molecule has 0 aliphatic rings. The molecular weight excluding hydrogens is 286 g/mol. The van der Waals surface area contributed by atoms with E-state index in [1.54, 1.807) is 0 Å². The van der Waals surface area contributed by atoms with Crippen LogP contribution in [0.4, 0.5) is 5.69 Å². The van der Waals surface area contributed by atoms with Gasteiger partial charge in [0.25, 0.3) is 5.91 Å². The Morgan fingerprint density at radius 1 is 1.00 bits per heavy atom. The molecule has 3 aromatic rings. The van der Waals surface area contributed by atoms with Crippen molar-refractivity contribution in [2.75, 3.05) is 11.9 Å². The van der Waals surface area contributed by atoms with Crippen molar-refractivity contribution in [2.24, 2.45) is 0 Å². The minimum atomic E-state index is -0.165. The number of aryl methyl sites for hydroxylation is 2. The highest BCUT2D eigenvalue weighted by molar-refractivity contribution is 6.02. The summed E-state index contributed by atoms with van der Waals surface area (Å²) in [6, 6.07) is 19.8. The lowest BCUT2D eigenvalue weighted by Crippen LogP contribution is -2.20. The molecule has 23 heavy (non-hydrogen) atoms. The summed E-state index contributed by atoms with van der Waals surface area (Å²) in [6.07, 6.45) is 0. The molecule has 116 valence electrons. The van der Waals surface area contributed by atoms with E-state index in [0.29, 0.717) is 0 Å². The first-order valence-corrected chi connectivity index (χ1v) is 7.61. The van der Waals surface area contributed by atoms with Crippen molar-refractivity contribution in [3.63, 3.8) is 0 Å². The molecule has 1 amide bonds. The zero-order chi connectivity index (χ0) is 16.2. The normalized spacial score (nSPS) is 10.5. The summed E-state index contributed by atoms with van der Waals surface area (Å²) >= 11 is 0. The minimum absolute atomic E-state index is 0.00643. The second-order valence-corrected chi connectivity index (χ2v) is 5.63. The van der Waals surface area contributed by atoms with Crippen LogP contribution in [-0.2, 0) is 4.79 Å². The van der Waals surface area contributed by atoms with Crippen LogP contribution in [-0.4, -0.2) is 12.5 Å². The molecule has 3 rings (SSSR count). The predicted octanol–water partition coefficient (Wildman–Crippen LogP) is 4.47. The van der Waals surface area contributed by atoms with E-state index in [4.69, 9.17) is 4.74 Å². The number of anilines is 1. The summed E-state index contributed by atoms with van der Waals surface area (Å²) in [5.74, 6) is 0.584. The third-order valence-corrected chi connectivity index (χ3v) is 3.77. The van der Waals surface area contributed by atoms with E-state index < -0.39 is 0 Å². The SMILES string of the molecule is Cc1ccc(C)c(OCC(=O)Nc2cccc3ccccc23)c1. The molecule has 0 unspecified atom stereocenters. The number of nitrogens with one attached hydrogen (secondary N) is 1. The van der Waals surface area contributed by atoms with E-state index >= 15 is 0 Å². The monoisotopic (exact) mass is 305 g/mol. The van der Waals surface area contributed by atoms with Crippen molar-refractivity contribution in [1.29, 1.82) is 0 Å². The van der Waals surface area contributed by atoms with Crippen molar-refractivity contribution < 1.29 is 9.53 Å². The lowest BCUT2D eigenvalue weighted by atomic mass is 10.1. The van der Waals surface area contributed by atoms with Gasteiger partial charge in [0, 0.05) is 11.1 Å². The van der Waals surface area contributed by atoms with Gasteiger partial charge in [-0.1, -0.05) is 48.5 Å². The third kappa shape index (κ3) is 3.51. The van der Waals surface area contributed by atoms with Crippen molar-refractivity contribution in [3.05, 3.63) is 71.8 Å². The number of ether oxygens (including phenoxy) is 1. The molecule has 0 fully saturated rings. The van der Waals surface area contributed by atoms with Gasteiger partial charge in [0.05, 0.1) is 0 Å². The van der Waals surface area contributed by atoms with Crippen LogP contribution >= 0.6 is 0 Å². The van der Waals surface area contributed by atoms with E-state index in [9.17, 15) is 4.79 Å². The fourth-order valence-electron chi connectivity index (χ4n) is 2.53. The van der Waals surface area contributed by atoms with Gasteiger partial charge in [-0.25, -0.2) is 0 Å². The van der Waals surface area contributed by atoms with Gasteiger partial charge >= 0.3 is 0 Å². The second-order valence-electron chi connectivity index (χ2n) is 5.63. The minimum Gasteiger partial charge on any atom is -0.483 e. The molecule has 0 atom stereocenters. The van der Waals surface area contributed by atoms with Crippen LogP contribution in [0.2, 0.25) is 0 Å². The Hall–Kier alpha value is -2.81. The maximum atomic E-state index is 12.2. The molecule has 0 heterocycles. The first-order chi connectivity index (χ1) is 11.1. The Labute approximate surface area is 135 Å². The summed E-state index contributed by atoms with van der Waals surface area (Å²) in [5, 5.41) is 5.05. The molecule has 0 spiro atoms. The maximum Gasteiger partial charge on any atom is 0.262 e. The average molecular weight is 305 g/mol. The smallest absolute Gasteiger partial charge is 0.262 e. The highest BCUT2D eigenvalue weighted by Gasteiger charge is 2.08. The van der Waals surface area contributed by atoms with Gasteiger partial charge in [-0.05, 0) is 42.5 Å². The summed E-state index contributed by atoms with van der Waals surface area (Å²) < 4.78 is 5.65. The summed E-state index contributed by atoms with van der Waals surface area (Å²) in [6.45, 7) is 3.97. The quantitative estimate of drug-likeness (QED) is 0.772. The van der Waals surface area contributed by atoms with Crippen LogP contribution in [0.3, 0.4) is 0 Å². The standard InChI is InChI=1S/C20H19NO2/c1-14-10-11-15(2)19(12-14)23-13-20(22)21-18-9-5-7-16-6-3-4-8-17(16)18/h3-12H,13H2,1-2H3,(H,21,22). The predicted molar refractivity (Wildman–Crippen MR) is 94.0 cm³/mol. The van der Waals surface area contributed by atoms with Gasteiger partial charge in [-0.15, -0.1) is 0 Å². The molecule has 1 N–H and O–H groups in total. The Kier molecular flexibility index (Phi) is 4.29. The van der Waals surface area contributed by atoms with Crippen LogP contribution in [0.25, 0.3) is 10.8 Å². The van der Waals surface area contributed by atoms with E-state index in [-0.39, 0.29) is 12.5 Å². The second kappa shape index (κ2) is 6.53. The number of rotatable bonds is 4. The number of hydrogen-bond donors (Lipinski definition) is 1. The summed E-state index contributed by atoms with van der Waals surface area (Å²) in [4.78, 5) is 12.2. The first kappa shape index (κ1) is 15.1. The van der Waals surface area contributed by atoms with Crippen LogP contribution < -0.4 is 10.1 Å². The lowest BCUT2D eigenvalue weighted by molar-refractivity contribution is -0.118. The molecule has 0 aliphatic carbocycles. The highest BCUT2D eigenvalue weighted by atomic mass is 16.5. The van der Waals surface area contributed by atoms with Gasteiger partial charge in [0.15, 0.2) is 6.61 Å². The Morgan fingerprint density at radius 3 is 2.65 bits per heavy atom. The summed E-state index contributed by atoms with van der Waals surface area (Å²) in [5.41, 5.74) is 2.94. The zero-order valence-electron chi connectivity index (χ0n) is 13.3. The number of carbonyl (C=O) groups is 1. The fourth-order valence-corrected chi connectivity index (χ4v) is 2.53. The molecular formula is C20H19NO2. The Morgan fingerprint density at radius 2 is 1.78 bits per heavy atom. The molecule has 0 bridgehead atoms. The van der Waals surface area contributed by atoms with Gasteiger partial charge < -0.3 is 10.1 Å². The number of amides is 1. The van der Waals surface area contributed by atoms with Crippen LogP contribution in [0.1, 0.15) is 11.1 Å². The number of hydrogen-bond acceptors (Lipinski definition) is 2. The first-order valence-electron chi connectivity index (χ1n) is 7.61. The number of benzene rings is 3. The van der Waals surface area contributed by atoms with Crippen molar-refractivity contribution in [3.8, 4) is 5.75 Å². The van der Waals surface area contributed by atoms with Gasteiger partial charge in [0.2, 0.25) is 0 Å². The summed E-state index contributed by atoms with van der Waals surface area (Å²) in [7, 11) is 0. The molecule has 3 nitrogen and oxygen atoms in total. The van der Waals surface area contributed by atoms with E-state index in [0.717, 1.165) is 33.3 Å². The molecule has 3 heteroatoms. The Balaban J connectivity index is 1.70. The van der Waals surface area contributed by atoms with Gasteiger partial charge in [-0.2, -0.15) is 0 Å². The number of carbonyl (C=O) groups excluding carboxylic acids is 1. The zero-order valence-corrected chi connectivity index (χ0v) is 13.3. The van der Waals surface area contributed by atoms with E-state index in [1.165, 1.54) is 0 Å². The third-order valence-electron chi connectivity index (χ3n) is 3.77.